The second-order valence-corrected chi connectivity index (χ2v) is 13.3. The first-order chi connectivity index (χ1) is 25.8. The van der Waals surface area contributed by atoms with Crippen LogP contribution in [0.1, 0.15) is 0 Å². The molecule has 2 heteroatoms. The molecule has 0 aliphatic rings. The third-order valence-corrected chi connectivity index (χ3v) is 10.2. The number of fused-ring (bicyclic) bond motifs is 7. The van der Waals surface area contributed by atoms with Gasteiger partial charge in [0.1, 0.15) is 11.3 Å². The molecule has 0 unspecified atom stereocenters. The van der Waals surface area contributed by atoms with Crippen molar-refractivity contribution in [2.24, 2.45) is 0 Å². The van der Waals surface area contributed by atoms with Crippen molar-refractivity contribution in [3.63, 3.8) is 0 Å². The molecule has 0 bridgehead atoms. The van der Waals surface area contributed by atoms with Gasteiger partial charge in [0.15, 0.2) is 0 Å². The number of nitrogens with zero attached hydrogens (tertiary/aromatic N) is 1. The Labute approximate surface area is 302 Å². The molecular weight excluding hydrogens is 631 g/mol. The van der Waals surface area contributed by atoms with Gasteiger partial charge in [-0.15, -0.1) is 0 Å². The van der Waals surface area contributed by atoms with Gasteiger partial charge >= 0.3 is 0 Å². The highest BCUT2D eigenvalue weighted by Gasteiger charge is 2.24. The van der Waals surface area contributed by atoms with Crippen LogP contribution in [0.3, 0.4) is 0 Å². The molecule has 0 aliphatic heterocycles. The van der Waals surface area contributed by atoms with E-state index in [-0.39, 0.29) is 0 Å². The van der Waals surface area contributed by atoms with Crippen LogP contribution >= 0.6 is 0 Å². The van der Waals surface area contributed by atoms with Crippen LogP contribution in [-0.4, -0.2) is 0 Å². The van der Waals surface area contributed by atoms with Crippen molar-refractivity contribution in [1.82, 2.24) is 0 Å². The predicted octanol–water partition coefficient (Wildman–Crippen LogP) is 14.4. The Hall–Kier alpha value is -6.90. The standard InChI is InChI=1S/C50H33NO/c1-3-15-34(16-4-1)35-29-31-39(32-30-35)51(46-28-14-20-36-17-7-8-23-41(36)46)40-22-13-21-38(33-40)49-47(37-18-5-2-6-19-37)48-44-26-11-9-24-42(44)43-25-10-12-27-45(43)50(48)52-49/h1-33H. The van der Waals surface area contributed by atoms with Crippen LogP contribution in [0, 0.1) is 0 Å². The van der Waals surface area contributed by atoms with E-state index in [2.05, 4.69) is 205 Å². The summed E-state index contributed by atoms with van der Waals surface area (Å²) in [5, 5.41) is 8.26. The minimum Gasteiger partial charge on any atom is -0.455 e. The Morgan fingerprint density at radius 2 is 0.885 bits per heavy atom. The molecule has 10 rings (SSSR count). The Balaban J connectivity index is 1.22. The van der Waals surface area contributed by atoms with Gasteiger partial charge in [-0.05, 0) is 68.6 Å². The van der Waals surface area contributed by atoms with Crippen LogP contribution in [-0.2, 0) is 0 Å². The summed E-state index contributed by atoms with van der Waals surface area (Å²) in [5.41, 5.74) is 9.81. The monoisotopic (exact) mass is 663 g/mol. The minimum absolute atomic E-state index is 0.863. The molecular formula is C50H33NO. The van der Waals surface area contributed by atoms with Gasteiger partial charge in [-0.1, -0.05) is 170 Å². The van der Waals surface area contributed by atoms with Crippen molar-refractivity contribution >= 4 is 60.3 Å². The van der Waals surface area contributed by atoms with Crippen LogP contribution in [0.2, 0.25) is 0 Å². The number of hydrogen-bond donors (Lipinski definition) is 0. The molecule has 10 aromatic rings. The van der Waals surface area contributed by atoms with Crippen LogP contribution in [0.5, 0.6) is 0 Å². The maximum Gasteiger partial charge on any atom is 0.143 e. The third kappa shape index (κ3) is 4.96. The molecule has 0 N–H and O–H groups in total. The zero-order valence-electron chi connectivity index (χ0n) is 28.4. The van der Waals surface area contributed by atoms with Gasteiger partial charge in [-0.2, -0.15) is 0 Å². The van der Waals surface area contributed by atoms with Crippen LogP contribution in [0.4, 0.5) is 17.1 Å². The first kappa shape index (κ1) is 30.0. The largest absolute Gasteiger partial charge is 0.455 e. The maximum absolute atomic E-state index is 7.12. The fourth-order valence-corrected chi connectivity index (χ4v) is 7.86. The highest BCUT2D eigenvalue weighted by atomic mass is 16.3. The molecule has 0 radical (unpaired) electrons. The number of furan rings is 1. The van der Waals surface area contributed by atoms with Gasteiger partial charge < -0.3 is 9.32 Å². The molecule has 1 heterocycles. The summed E-state index contributed by atoms with van der Waals surface area (Å²) in [7, 11) is 0. The average Bonchev–Trinajstić information content (AvgIpc) is 3.64. The second-order valence-electron chi connectivity index (χ2n) is 13.3. The van der Waals surface area contributed by atoms with Crippen molar-refractivity contribution in [3.05, 3.63) is 200 Å². The molecule has 0 aliphatic carbocycles. The van der Waals surface area contributed by atoms with E-state index in [1.165, 1.54) is 38.1 Å². The fraction of sp³-hybridized carbons (Fsp3) is 0. The number of rotatable bonds is 6. The lowest BCUT2D eigenvalue weighted by Crippen LogP contribution is -2.10. The molecule has 244 valence electrons. The van der Waals surface area contributed by atoms with Crippen LogP contribution < -0.4 is 4.90 Å². The molecule has 0 spiro atoms. The van der Waals surface area contributed by atoms with Gasteiger partial charge in [-0.25, -0.2) is 0 Å². The van der Waals surface area contributed by atoms with E-state index < -0.39 is 0 Å². The van der Waals surface area contributed by atoms with Crippen LogP contribution in [0.15, 0.2) is 205 Å². The summed E-state index contributed by atoms with van der Waals surface area (Å²) in [4.78, 5) is 2.37. The smallest absolute Gasteiger partial charge is 0.143 e. The topological polar surface area (TPSA) is 16.4 Å². The van der Waals surface area contributed by atoms with Crippen molar-refractivity contribution < 1.29 is 4.42 Å². The third-order valence-electron chi connectivity index (χ3n) is 10.2. The van der Waals surface area contributed by atoms with E-state index in [9.17, 15) is 0 Å². The quantitative estimate of drug-likeness (QED) is 0.165. The Morgan fingerprint density at radius 3 is 1.63 bits per heavy atom. The Bertz CT molecular complexity index is 2880. The van der Waals surface area contributed by atoms with Crippen LogP contribution in [0.25, 0.3) is 76.9 Å². The average molecular weight is 664 g/mol. The molecule has 0 saturated carbocycles. The number of benzene rings is 9. The van der Waals surface area contributed by atoms with Gasteiger partial charge in [0, 0.05) is 38.7 Å². The van der Waals surface area contributed by atoms with E-state index >= 15 is 0 Å². The van der Waals surface area contributed by atoms with Gasteiger partial charge in [0.25, 0.3) is 0 Å². The lowest BCUT2D eigenvalue weighted by Gasteiger charge is -2.27. The van der Waals surface area contributed by atoms with Gasteiger partial charge in [-0.3, -0.25) is 0 Å². The minimum atomic E-state index is 0.863. The molecule has 9 aromatic carbocycles. The molecule has 52 heavy (non-hydrogen) atoms. The number of hydrogen-bond acceptors (Lipinski definition) is 2. The molecule has 0 atom stereocenters. The lowest BCUT2D eigenvalue weighted by atomic mass is 9.92. The Morgan fingerprint density at radius 1 is 0.346 bits per heavy atom. The van der Waals surface area contributed by atoms with E-state index in [4.69, 9.17) is 4.42 Å². The summed E-state index contributed by atoms with van der Waals surface area (Å²) in [6, 6.07) is 71.4. The van der Waals surface area contributed by atoms with Gasteiger partial charge in [0.05, 0.1) is 5.69 Å². The summed E-state index contributed by atoms with van der Waals surface area (Å²) in [5.74, 6) is 0.863. The van der Waals surface area contributed by atoms with E-state index in [1.54, 1.807) is 0 Å². The first-order valence-corrected chi connectivity index (χ1v) is 17.8. The van der Waals surface area contributed by atoms with E-state index in [1.807, 2.05) is 0 Å². The first-order valence-electron chi connectivity index (χ1n) is 17.8. The molecule has 0 amide bonds. The van der Waals surface area contributed by atoms with Gasteiger partial charge in [0.2, 0.25) is 0 Å². The fourth-order valence-electron chi connectivity index (χ4n) is 7.86. The van der Waals surface area contributed by atoms with Crippen molar-refractivity contribution in [2.45, 2.75) is 0 Å². The summed E-state index contributed by atoms with van der Waals surface area (Å²) < 4.78 is 7.12. The summed E-state index contributed by atoms with van der Waals surface area (Å²) in [6.07, 6.45) is 0. The maximum atomic E-state index is 7.12. The van der Waals surface area contributed by atoms with Crippen molar-refractivity contribution in [2.75, 3.05) is 4.90 Å². The summed E-state index contributed by atoms with van der Waals surface area (Å²) >= 11 is 0. The zero-order chi connectivity index (χ0) is 34.4. The summed E-state index contributed by atoms with van der Waals surface area (Å²) in [6.45, 7) is 0. The Kier molecular flexibility index (Phi) is 7.18. The lowest BCUT2D eigenvalue weighted by molar-refractivity contribution is 0.636. The molecule has 0 fully saturated rings. The van der Waals surface area contributed by atoms with E-state index in [0.29, 0.717) is 0 Å². The van der Waals surface area contributed by atoms with Crippen molar-refractivity contribution in [3.8, 4) is 33.6 Å². The van der Waals surface area contributed by atoms with E-state index in [0.717, 1.165) is 55.9 Å². The molecule has 0 saturated heterocycles. The molecule has 1 aromatic heterocycles. The zero-order valence-corrected chi connectivity index (χ0v) is 28.4. The second kappa shape index (κ2) is 12.5. The SMILES string of the molecule is c1ccc(-c2ccc(N(c3cccc(-c4oc5c6ccccc6c6ccccc6c5c4-c4ccccc4)c3)c3cccc4ccccc34)cc2)cc1. The number of anilines is 3. The normalized spacial score (nSPS) is 11.5. The predicted molar refractivity (Wildman–Crippen MR) is 220 cm³/mol. The highest BCUT2D eigenvalue weighted by Crippen LogP contribution is 2.48. The molecule has 2 nitrogen and oxygen atoms in total. The highest BCUT2D eigenvalue weighted by molar-refractivity contribution is 6.28. The van der Waals surface area contributed by atoms with Crippen molar-refractivity contribution in [1.29, 1.82) is 0 Å².